The molecular weight excluding hydrogens is 344 g/mol. The van der Waals surface area contributed by atoms with E-state index in [2.05, 4.69) is 16.0 Å². The Morgan fingerprint density at radius 2 is 1.76 bits per heavy atom. The number of hydrogen-bond acceptors (Lipinski definition) is 6. The Bertz CT molecular complexity index is 757. The van der Waals surface area contributed by atoms with Crippen molar-refractivity contribution in [3.8, 4) is 0 Å². The normalized spacial score (nSPS) is 16.0. The van der Waals surface area contributed by atoms with Crippen molar-refractivity contribution in [2.24, 2.45) is 5.41 Å². The van der Waals surface area contributed by atoms with Gasteiger partial charge in [-0.3, -0.25) is 9.59 Å². The van der Waals surface area contributed by atoms with E-state index >= 15 is 0 Å². The van der Waals surface area contributed by atoms with Crippen LogP contribution in [0.5, 0.6) is 0 Å². The molecule has 2 rings (SSSR count). The highest BCUT2D eigenvalue weighted by atomic mass is 32.2. The molecule has 1 heterocycles. The summed E-state index contributed by atoms with van der Waals surface area (Å²) in [4.78, 5) is 24.8. The number of nitrogens with zero attached hydrogens (tertiary/aromatic N) is 1. The monoisotopic (exact) mass is 368 g/mol. The van der Waals surface area contributed by atoms with E-state index in [1.54, 1.807) is 26.2 Å². The minimum Gasteiger partial charge on any atom is -0.354 e. The summed E-state index contributed by atoms with van der Waals surface area (Å²) >= 11 is 0. The van der Waals surface area contributed by atoms with Crippen molar-refractivity contribution < 1.29 is 18.0 Å². The first-order valence-electron chi connectivity index (χ1n) is 8.01. The minimum absolute atomic E-state index is 0.0153. The Hall–Kier alpha value is -1.97. The Balaban J connectivity index is 2.03. The zero-order chi connectivity index (χ0) is 18.7. The summed E-state index contributed by atoms with van der Waals surface area (Å²) in [7, 11) is -0.326. The summed E-state index contributed by atoms with van der Waals surface area (Å²) < 4.78 is 25.7. The lowest BCUT2D eigenvalue weighted by atomic mass is 9.89. The van der Waals surface area contributed by atoms with Gasteiger partial charge in [-0.1, -0.05) is 12.1 Å². The van der Waals surface area contributed by atoms with Gasteiger partial charge in [0.2, 0.25) is 5.91 Å². The molecule has 25 heavy (non-hydrogen) atoms. The van der Waals surface area contributed by atoms with Crippen molar-refractivity contribution in [1.82, 2.24) is 20.3 Å². The molecule has 0 saturated carbocycles. The van der Waals surface area contributed by atoms with Gasteiger partial charge in [0.1, 0.15) is 4.90 Å². The number of nitrogens with one attached hydrogen (secondary N) is 3. The number of hydrogen-bond donors (Lipinski definition) is 3. The number of fused-ring (bicyclic) bond motifs is 1. The molecule has 0 aromatic heterocycles. The fourth-order valence-electron chi connectivity index (χ4n) is 2.94. The number of rotatable bonds is 8. The molecule has 0 fully saturated rings. The molecule has 9 heteroatoms. The van der Waals surface area contributed by atoms with Crippen LogP contribution < -0.4 is 16.0 Å². The van der Waals surface area contributed by atoms with Crippen LogP contribution in [0.25, 0.3) is 0 Å². The fraction of sp³-hybridized carbons (Fsp3) is 0.500. The minimum atomic E-state index is -3.84. The van der Waals surface area contributed by atoms with Crippen LogP contribution in [0.3, 0.4) is 0 Å². The van der Waals surface area contributed by atoms with Gasteiger partial charge in [-0.25, -0.2) is 12.7 Å². The average molecular weight is 368 g/mol. The molecule has 138 valence electrons. The molecule has 2 amide bonds. The van der Waals surface area contributed by atoms with Crippen LogP contribution in [0, 0.1) is 5.41 Å². The quantitative estimate of drug-likeness (QED) is 0.565. The van der Waals surface area contributed by atoms with Crippen LogP contribution in [-0.2, 0) is 14.8 Å². The van der Waals surface area contributed by atoms with Gasteiger partial charge in [0.05, 0.1) is 17.5 Å². The van der Waals surface area contributed by atoms with E-state index in [0.29, 0.717) is 13.1 Å². The zero-order valence-electron chi connectivity index (χ0n) is 14.6. The summed E-state index contributed by atoms with van der Waals surface area (Å²) in [5.74, 6) is -0.768. The number of amides is 2. The third-order valence-corrected chi connectivity index (χ3v) is 6.04. The van der Waals surface area contributed by atoms with Crippen LogP contribution in [0.4, 0.5) is 0 Å². The first-order valence-corrected chi connectivity index (χ1v) is 9.45. The van der Waals surface area contributed by atoms with E-state index in [1.165, 1.54) is 12.1 Å². The van der Waals surface area contributed by atoms with Crippen LogP contribution >= 0.6 is 0 Å². The number of carbonyl (C=O) groups is 2. The number of benzene rings is 1. The predicted molar refractivity (Wildman–Crippen MR) is 93.6 cm³/mol. The third-order valence-electron chi connectivity index (χ3n) is 4.19. The van der Waals surface area contributed by atoms with Crippen LogP contribution in [-0.4, -0.2) is 64.8 Å². The molecular formula is C16H24N4O4S. The summed E-state index contributed by atoms with van der Waals surface area (Å²) in [6, 6.07) is 6.11. The number of sulfonamides is 1. The molecule has 0 spiro atoms. The lowest BCUT2D eigenvalue weighted by molar-refractivity contribution is -0.129. The molecule has 0 radical (unpaired) electrons. The van der Waals surface area contributed by atoms with Gasteiger partial charge in [-0.15, -0.1) is 0 Å². The van der Waals surface area contributed by atoms with Gasteiger partial charge < -0.3 is 16.0 Å². The topological polar surface area (TPSA) is 108 Å². The highest BCUT2D eigenvalue weighted by Gasteiger charge is 2.40. The third kappa shape index (κ3) is 3.68. The highest BCUT2D eigenvalue weighted by Crippen LogP contribution is 2.29. The Morgan fingerprint density at radius 3 is 2.32 bits per heavy atom. The average Bonchev–Trinajstić information content (AvgIpc) is 2.76. The second-order valence-electron chi connectivity index (χ2n) is 6.26. The van der Waals surface area contributed by atoms with E-state index in [-0.39, 0.29) is 29.5 Å². The molecule has 1 aliphatic rings. The largest absolute Gasteiger partial charge is 0.354 e. The van der Waals surface area contributed by atoms with Crippen molar-refractivity contribution in [3.63, 3.8) is 0 Å². The molecule has 0 unspecified atom stereocenters. The van der Waals surface area contributed by atoms with Gasteiger partial charge in [-0.05, 0) is 33.2 Å². The van der Waals surface area contributed by atoms with Gasteiger partial charge >= 0.3 is 0 Å². The van der Waals surface area contributed by atoms with Crippen molar-refractivity contribution in [3.05, 3.63) is 29.8 Å². The predicted octanol–water partition coefficient (Wildman–Crippen LogP) is -0.608. The molecule has 1 aromatic rings. The fourth-order valence-corrected chi connectivity index (χ4v) is 4.51. The van der Waals surface area contributed by atoms with E-state index in [9.17, 15) is 18.0 Å². The molecule has 1 aromatic carbocycles. The van der Waals surface area contributed by atoms with E-state index < -0.39 is 21.3 Å². The molecule has 8 nitrogen and oxygen atoms in total. The molecule has 3 N–H and O–H groups in total. The SMILES string of the molecule is CNCC(C)(CNC)C(=O)NCCN1C(=O)c2ccccc2S1(=O)=O. The van der Waals surface area contributed by atoms with Crippen LogP contribution in [0.1, 0.15) is 17.3 Å². The molecule has 0 atom stereocenters. The molecule has 0 bridgehead atoms. The summed E-state index contributed by atoms with van der Waals surface area (Å²) in [6.07, 6.45) is 0. The Kier molecular flexibility index (Phi) is 5.81. The maximum absolute atomic E-state index is 12.4. The summed E-state index contributed by atoms with van der Waals surface area (Å²) in [5.41, 5.74) is -0.510. The lowest BCUT2D eigenvalue weighted by Crippen LogP contribution is -2.51. The Labute approximate surface area is 148 Å². The van der Waals surface area contributed by atoms with Crippen molar-refractivity contribution in [2.45, 2.75) is 11.8 Å². The molecule has 0 aliphatic carbocycles. The maximum Gasteiger partial charge on any atom is 0.269 e. The van der Waals surface area contributed by atoms with Crippen LogP contribution in [0.15, 0.2) is 29.2 Å². The summed E-state index contributed by atoms with van der Waals surface area (Å²) in [6.45, 7) is 2.69. The lowest BCUT2D eigenvalue weighted by Gasteiger charge is -2.28. The first kappa shape index (κ1) is 19.4. The van der Waals surface area contributed by atoms with Gasteiger partial charge in [0.15, 0.2) is 0 Å². The van der Waals surface area contributed by atoms with Gasteiger partial charge in [0.25, 0.3) is 15.9 Å². The van der Waals surface area contributed by atoms with Gasteiger partial charge in [-0.2, -0.15) is 0 Å². The van der Waals surface area contributed by atoms with Crippen molar-refractivity contribution >= 4 is 21.8 Å². The maximum atomic E-state index is 12.4. The van der Waals surface area contributed by atoms with Gasteiger partial charge in [0, 0.05) is 19.6 Å². The van der Waals surface area contributed by atoms with Crippen molar-refractivity contribution in [1.29, 1.82) is 0 Å². The zero-order valence-corrected chi connectivity index (χ0v) is 15.4. The molecule has 0 saturated heterocycles. The summed E-state index contributed by atoms with van der Waals surface area (Å²) in [5, 5.41) is 8.68. The van der Waals surface area contributed by atoms with Crippen LogP contribution in [0.2, 0.25) is 0 Å². The van der Waals surface area contributed by atoms with E-state index in [4.69, 9.17) is 0 Å². The smallest absolute Gasteiger partial charge is 0.269 e. The standard InChI is InChI=1S/C16H24N4O4S/c1-16(10-17-2,11-18-3)15(22)19-8-9-20-14(21)12-6-4-5-7-13(12)25(20,23)24/h4-7,17-18H,8-11H2,1-3H3,(H,19,22). The highest BCUT2D eigenvalue weighted by molar-refractivity contribution is 7.90. The first-order chi connectivity index (χ1) is 11.8. The number of carbonyl (C=O) groups excluding carboxylic acids is 2. The second-order valence-corrected chi connectivity index (χ2v) is 8.09. The Morgan fingerprint density at radius 1 is 1.16 bits per heavy atom. The van der Waals surface area contributed by atoms with Crippen molar-refractivity contribution in [2.75, 3.05) is 40.3 Å². The van der Waals surface area contributed by atoms with E-state index in [0.717, 1.165) is 4.31 Å². The second kappa shape index (κ2) is 7.51. The molecule has 1 aliphatic heterocycles. The van der Waals surface area contributed by atoms with E-state index in [1.807, 2.05) is 6.92 Å².